The van der Waals surface area contributed by atoms with Crippen molar-refractivity contribution in [1.29, 1.82) is 0 Å². The van der Waals surface area contributed by atoms with E-state index in [1.807, 2.05) is 78.7 Å². The van der Waals surface area contributed by atoms with E-state index in [0.717, 1.165) is 17.7 Å². The van der Waals surface area contributed by atoms with Crippen molar-refractivity contribution in [3.8, 4) is 5.75 Å². The van der Waals surface area contributed by atoms with Gasteiger partial charge in [0.05, 0.1) is 0 Å². The highest BCUT2D eigenvalue weighted by atomic mass is 35.5. The molecule has 6 heteroatoms. The van der Waals surface area contributed by atoms with E-state index in [0.29, 0.717) is 43.1 Å². The van der Waals surface area contributed by atoms with Gasteiger partial charge in [-0.25, -0.2) is 0 Å². The van der Waals surface area contributed by atoms with Crippen LogP contribution in [-0.4, -0.2) is 47.9 Å². The van der Waals surface area contributed by atoms with Gasteiger partial charge in [0.25, 0.3) is 5.91 Å². The Morgan fingerprint density at radius 2 is 1.67 bits per heavy atom. The Bertz CT molecular complexity index is 1150. The van der Waals surface area contributed by atoms with Crippen molar-refractivity contribution < 1.29 is 14.3 Å². The van der Waals surface area contributed by atoms with Crippen LogP contribution in [0.15, 0.2) is 78.9 Å². The highest BCUT2D eigenvalue weighted by Gasteiger charge is 2.35. The lowest BCUT2D eigenvalue weighted by molar-refractivity contribution is -0.132. The standard InChI is InChI=1S/C30H33ClN2O3/c1-3-22-9-11-24(12-10-22)30(35)33-18-17-28(36-27-15-13-26(31)14-16-27)25(21-33)19-29(34)32(2)20-23-7-5-4-6-8-23/h4-16,25,28H,3,17-21H2,1-2H3/t25-,28-/m0/s1. The quantitative estimate of drug-likeness (QED) is 0.386. The minimum Gasteiger partial charge on any atom is -0.490 e. The summed E-state index contributed by atoms with van der Waals surface area (Å²) in [5.74, 6) is 0.626. The second-order valence-electron chi connectivity index (χ2n) is 9.40. The predicted molar refractivity (Wildman–Crippen MR) is 143 cm³/mol. The highest BCUT2D eigenvalue weighted by molar-refractivity contribution is 6.30. The summed E-state index contributed by atoms with van der Waals surface area (Å²) in [7, 11) is 1.82. The van der Waals surface area contributed by atoms with Gasteiger partial charge in [0.1, 0.15) is 11.9 Å². The molecule has 0 N–H and O–H groups in total. The Labute approximate surface area is 218 Å². The molecule has 1 saturated heterocycles. The first-order chi connectivity index (χ1) is 17.4. The van der Waals surface area contributed by atoms with Crippen LogP contribution in [0.1, 0.15) is 41.3 Å². The Balaban J connectivity index is 1.48. The van der Waals surface area contributed by atoms with E-state index in [2.05, 4.69) is 6.92 Å². The van der Waals surface area contributed by atoms with Gasteiger partial charge in [-0.2, -0.15) is 0 Å². The summed E-state index contributed by atoms with van der Waals surface area (Å²) in [5.41, 5.74) is 2.96. The van der Waals surface area contributed by atoms with Crippen LogP contribution in [0, 0.1) is 5.92 Å². The normalized spacial score (nSPS) is 17.5. The molecule has 4 rings (SSSR count). The van der Waals surface area contributed by atoms with Crippen LogP contribution in [0.2, 0.25) is 5.02 Å². The number of aryl methyl sites for hydroxylation is 1. The van der Waals surface area contributed by atoms with E-state index in [1.165, 1.54) is 5.56 Å². The second-order valence-corrected chi connectivity index (χ2v) is 9.84. The fourth-order valence-corrected chi connectivity index (χ4v) is 4.75. The number of hydrogen-bond donors (Lipinski definition) is 0. The summed E-state index contributed by atoms with van der Waals surface area (Å²) >= 11 is 6.03. The number of rotatable bonds is 8. The third kappa shape index (κ3) is 6.67. The molecule has 188 valence electrons. The minimum atomic E-state index is -0.174. The molecule has 1 heterocycles. The van der Waals surface area contributed by atoms with Gasteiger partial charge in [-0.3, -0.25) is 9.59 Å². The molecule has 0 spiro atoms. The van der Waals surface area contributed by atoms with Crippen molar-refractivity contribution in [3.05, 3.63) is 101 Å². The lowest BCUT2D eigenvalue weighted by Gasteiger charge is -2.39. The van der Waals surface area contributed by atoms with Crippen LogP contribution >= 0.6 is 11.6 Å². The number of benzene rings is 3. The highest BCUT2D eigenvalue weighted by Crippen LogP contribution is 2.28. The predicted octanol–water partition coefficient (Wildman–Crippen LogP) is 5.86. The molecule has 0 radical (unpaired) electrons. The maximum atomic E-state index is 13.3. The summed E-state index contributed by atoms with van der Waals surface area (Å²) in [6.45, 7) is 3.69. The molecule has 2 atom stereocenters. The molecular formula is C30H33ClN2O3. The summed E-state index contributed by atoms with van der Waals surface area (Å²) in [5, 5.41) is 0.645. The summed E-state index contributed by atoms with van der Waals surface area (Å²) in [4.78, 5) is 30.1. The lowest BCUT2D eigenvalue weighted by atomic mass is 9.90. The molecule has 1 fully saturated rings. The van der Waals surface area contributed by atoms with Gasteiger partial charge in [-0.05, 0) is 53.9 Å². The zero-order chi connectivity index (χ0) is 25.5. The summed E-state index contributed by atoms with van der Waals surface area (Å²) in [6, 6.07) is 25.0. The van der Waals surface area contributed by atoms with E-state index in [1.54, 1.807) is 17.0 Å². The van der Waals surface area contributed by atoms with Gasteiger partial charge >= 0.3 is 0 Å². The third-order valence-electron chi connectivity index (χ3n) is 6.79. The molecule has 1 aliphatic rings. The average molecular weight is 505 g/mol. The molecule has 0 aliphatic carbocycles. The first kappa shape index (κ1) is 25.8. The van der Waals surface area contributed by atoms with Crippen molar-refractivity contribution in [2.75, 3.05) is 20.1 Å². The monoisotopic (exact) mass is 504 g/mol. The van der Waals surface area contributed by atoms with E-state index in [9.17, 15) is 9.59 Å². The van der Waals surface area contributed by atoms with E-state index < -0.39 is 0 Å². The minimum absolute atomic E-state index is 0.00214. The van der Waals surface area contributed by atoms with Gasteiger partial charge in [0, 0.05) is 56.0 Å². The van der Waals surface area contributed by atoms with Crippen molar-refractivity contribution in [2.24, 2.45) is 5.92 Å². The molecule has 2 amide bonds. The number of hydrogen-bond acceptors (Lipinski definition) is 3. The van der Waals surface area contributed by atoms with Crippen LogP contribution in [0.3, 0.4) is 0 Å². The van der Waals surface area contributed by atoms with E-state index in [-0.39, 0.29) is 23.8 Å². The van der Waals surface area contributed by atoms with Crippen molar-refractivity contribution >= 4 is 23.4 Å². The number of ether oxygens (including phenoxy) is 1. The molecule has 0 aromatic heterocycles. The lowest BCUT2D eigenvalue weighted by Crippen LogP contribution is -2.49. The van der Waals surface area contributed by atoms with Gasteiger partial charge in [0.2, 0.25) is 5.91 Å². The van der Waals surface area contributed by atoms with Crippen LogP contribution < -0.4 is 4.74 Å². The molecule has 0 bridgehead atoms. The molecule has 3 aromatic rings. The maximum Gasteiger partial charge on any atom is 0.253 e. The molecular weight excluding hydrogens is 472 g/mol. The fraction of sp³-hybridized carbons (Fsp3) is 0.333. The van der Waals surface area contributed by atoms with Crippen molar-refractivity contribution in [3.63, 3.8) is 0 Å². The molecule has 0 saturated carbocycles. The van der Waals surface area contributed by atoms with Crippen LogP contribution in [-0.2, 0) is 17.8 Å². The van der Waals surface area contributed by atoms with Crippen LogP contribution in [0.4, 0.5) is 0 Å². The van der Waals surface area contributed by atoms with Crippen molar-refractivity contribution in [2.45, 2.75) is 38.8 Å². The van der Waals surface area contributed by atoms with E-state index >= 15 is 0 Å². The summed E-state index contributed by atoms with van der Waals surface area (Å²) < 4.78 is 6.32. The Kier molecular flexibility index (Phi) is 8.65. The molecule has 3 aromatic carbocycles. The molecule has 5 nitrogen and oxygen atoms in total. The number of amides is 2. The zero-order valence-electron chi connectivity index (χ0n) is 20.9. The topological polar surface area (TPSA) is 49.9 Å². The zero-order valence-corrected chi connectivity index (χ0v) is 21.7. The number of nitrogens with zero attached hydrogens (tertiary/aromatic N) is 2. The van der Waals surface area contributed by atoms with Crippen LogP contribution in [0.5, 0.6) is 5.75 Å². The van der Waals surface area contributed by atoms with Crippen LogP contribution in [0.25, 0.3) is 0 Å². The first-order valence-corrected chi connectivity index (χ1v) is 12.9. The summed E-state index contributed by atoms with van der Waals surface area (Å²) in [6.07, 6.45) is 1.72. The molecule has 0 unspecified atom stereocenters. The largest absolute Gasteiger partial charge is 0.490 e. The SMILES string of the molecule is CCc1ccc(C(=O)N2CC[C@H](Oc3ccc(Cl)cc3)[C@@H](CC(=O)N(C)Cc3ccccc3)C2)cc1. The number of likely N-dealkylation sites (tertiary alicyclic amines) is 1. The van der Waals surface area contributed by atoms with Gasteiger partial charge < -0.3 is 14.5 Å². The fourth-order valence-electron chi connectivity index (χ4n) is 4.63. The average Bonchev–Trinajstić information content (AvgIpc) is 2.91. The smallest absolute Gasteiger partial charge is 0.253 e. The first-order valence-electron chi connectivity index (χ1n) is 12.5. The number of piperidine rings is 1. The van der Waals surface area contributed by atoms with Crippen molar-refractivity contribution in [1.82, 2.24) is 9.80 Å². The third-order valence-corrected chi connectivity index (χ3v) is 7.04. The Morgan fingerprint density at radius 3 is 2.33 bits per heavy atom. The van der Waals surface area contributed by atoms with E-state index in [4.69, 9.17) is 16.3 Å². The Morgan fingerprint density at radius 1 is 0.972 bits per heavy atom. The van der Waals surface area contributed by atoms with Gasteiger partial charge in [-0.1, -0.05) is 61.0 Å². The number of carbonyl (C=O) groups is 2. The number of carbonyl (C=O) groups excluding carboxylic acids is 2. The maximum absolute atomic E-state index is 13.3. The second kappa shape index (κ2) is 12.1. The van der Waals surface area contributed by atoms with Gasteiger partial charge in [-0.15, -0.1) is 0 Å². The number of halogens is 1. The molecule has 1 aliphatic heterocycles. The Hall–Kier alpha value is -3.31. The van der Waals surface area contributed by atoms with Gasteiger partial charge in [0.15, 0.2) is 0 Å². The molecule has 36 heavy (non-hydrogen) atoms.